The molecule has 1 saturated heterocycles. The van der Waals surface area contributed by atoms with Crippen molar-refractivity contribution >= 4 is 66.5 Å². The average molecular weight is 616 g/mol. The third kappa shape index (κ3) is 6.37. The van der Waals surface area contributed by atoms with Gasteiger partial charge in [-0.3, -0.25) is 9.69 Å². The number of methoxy groups -OCH3 is 1. The maximum atomic E-state index is 13.2. The van der Waals surface area contributed by atoms with Gasteiger partial charge in [-0.15, -0.1) is 0 Å². The van der Waals surface area contributed by atoms with Crippen LogP contribution in [-0.4, -0.2) is 29.6 Å². The Bertz CT molecular complexity index is 1260. The van der Waals surface area contributed by atoms with E-state index >= 15 is 0 Å². The first-order valence-corrected chi connectivity index (χ1v) is 13.5. The van der Waals surface area contributed by atoms with Gasteiger partial charge in [0.2, 0.25) is 0 Å². The van der Waals surface area contributed by atoms with Gasteiger partial charge < -0.3 is 9.47 Å². The number of rotatable bonds is 8. The van der Waals surface area contributed by atoms with Crippen LogP contribution in [0.25, 0.3) is 6.08 Å². The third-order valence-electron chi connectivity index (χ3n) is 5.16. The molecule has 35 heavy (non-hydrogen) atoms. The summed E-state index contributed by atoms with van der Waals surface area (Å²) in [5.74, 6) is 1.15. The molecule has 1 aliphatic rings. The Morgan fingerprint density at radius 2 is 1.80 bits per heavy atom. The highest BCUT2D eigenvalue weighted by atomic mass is 79.9. The molecule has 0 aromatic heterocycles. The van der Waals surface area contributed by atoms with Gasteiger partial charge in [0.25, 0.3) is 5.91 Å². The minimum Gasteiger partial charge on any atom is -0.493 e. The zero-order valence-electron chi connectivity index (χ0n) is 19.3. The number of carbonyl (C=O) groups excluding carboxylic acids is 1. The quantitative estimate of drug-likeness (QED) is 0.243. The molecule has 1 heterocycles. The second-order valence-electron chi connectivity index (χ2n) is 7.75. The Hall–Kier alpha value is -2.55. The molecule has 3 aromatic carbocycles. The van der Waals surface area contributed by atoms with Crippen LogP contribution in [0, 0.1) is 0 Å². The Morgan fingerprint density at radius 3 is 2.49 bits per heavy atom. The van der Waals surface area contributed by atoms with Crippen molar-refractivity contribution in [3.63, 3.8) is 0 Å². The van der Waals surface area contributed by atoms with E-state index in [4.69, 9.17) is 14.5 Å². The van der Waals surface area contributed by atoms with Crippen LogP contribution >= 0.6 is 43.6 Å². The van der Waals surface area contributed by atoms with Crippen molar-refractivity contribution in [3.8, 4) is 11.5 Å². The van der Waals surface area contributed by atoms with E-state index in [-0.39, 0.29) is 5.91 Å². The largest absolute Gasteiger partial charge is 0.493 e. The van der Waals surface area contributed by atoms with Crippen molar-refractivity contribution in [3.05, 3.63) is 91.7 Å². The number of benzene rings is 3. The van der Waals surface area contributed by atoms with Crippen molar-refractivity contribution < 1.29 is 14.3 Å². The lowest BCUT2D eigenvalue weighted by Gasteiger charge is -2.14. The van der Waals surface area contributed by atoms with E-state index in [0.717, 1.165) is 32.2 Å². The van der Waals surface area contributed by atoms with E-state index in [9.17, 15) is 4.79 Å². The van der Waals surface area contributed by atoms with Gasteiger partial charge in [-0.05, 0) is 87.7 Å². The molecular weight excluding hydrogens is 592 g/mol. The number of amides is 1. The minimum absolute atomic E-state index is 0.0443. The summed E-state index contributed by atoms with van der Waals surface area (Å²) in [7, 11) is 1.61. The maximum absolute atomic E-state index is 13.2. The summed E-state index contributed by atoms with van der Waals surface area (Å²) in [6, 6.07) is 21.4. The summed E-state index contributed by atoms with van der Waals surface area (Å²) in [5.41, 5.74) is 2.70. The zero-order valence-corrected chi connectivity index (χ0v) is 23.3. The Balaban J connectivity index is 1.59. The lowest BCUT2D eigenvalue weighted by Crippen LogP contribution is -2.29. The standard InChI is InChI=1S/C27H24Br2N2O3S/c1-3-13-31-26(32)24(35-27(31)30-21-7-5-4-6-8-21)16-19-14-22(29)25(23(15-19)33-2)34-17-18-9-11-20(28)12-10-18/h4-12,14-16H,3,13,17H2,1-2H3/b24-16+,30-27?. The highest BCUT2D eigenvalue weighted by molar-refractivity contribution is 9.10. The summed E-state index contributed by atoms with van der Waals surface area (Å²) in [4.78, 5) is 20.2. The Morgan fingerprint density at radius 1 is 1.06 bits per heavy atom. The van der Waals surface area contributed by atoms with Crippen LogP contribution in [-0.2, 0) is 11.4 Å². The smallest absolute Gasteiger partial charge is 0.266 e. The number of hydrogen-bond acceptors (Lipinski definition) is 5. The molecule has 8 heteroatoms. The van der Waals surface area contributed by atoms with E-state index in [0.29, 0.717) is 34.7 Å². The second-order valence-corrected chi connectivity index (χ2v) is 10.5. The molecule has 4 rings (SSSR count). The molecule has 1 aliphatic heterocycles. The molecule has 0 radical (unpaired) electrons. The topological polar surface area (TPSA) is 51.1 Å². The van der Waals surface area contributed by atoms with Gasteiger partial charge in [-0.2, -0.15) is 0 Å². The fourth-order valence-corrected chi connectivity index (χ4v) is 5.34. The lowest BCUT2D eigenvalue weighted by atomic mass is 10.1. The van der Waals surface area contributed by atoms with Crippen LogP contribution in [0.2, 0.25) is 0 Å². The highest BCUT2D eigenvalue weighted by Crippen LogP contribution is 2.40. The fraction of sp³-hybridized carbons (Fsp3) is 0.185. The van der Waals surface area contributed by atoms with Gasteiger partial charge in [-0.1, -0.05) is 53.2 Å². The highest BCUT2D eigenvalue weighted by Gasteiger charge is 2.32. The first-order valence-electron chi connectivity index (χ1n) is 11.1. The molecule has 0 spiro atoms. The summed E-state index contributed by atoms with van der Waals surface area (Å²) >= 11 is 8.45. The Labute approximate surface area is 226 Å². The first-order chi connectivity index (χ1) is 17.0. The summed E-state index contributed by atoms with van der Waals surface area (Å²) in [6.07, 6.45) is 2.71. The maximum Gasteiger partial charge on any atom is 0.266 e. The van der Waals surface area contributed by atoms with Crippen molar-refractivity contribution in [1.29, 1.82) is 0 Å². The fourth-order valence-electron chi connectivity index (χ4n) is 3.48. The third-order valence-corrected chi connectivity index (χ3v) is 7.29. The molecule has 0 bridgehead atoms. The van der Waals surface area contributed by atoms with E-state index in [1.807, 2.05) is 72.8 Å². The molecule has 5 nitrogen and oxygen atoms in total. The number of amidine groups is 1. The van der Waals surface area contributed by atoms with Gasteiger partial charge in [-0.25, -0.2) is 4.99 Å². The van der Waals surface area contributed by atoms with E-state index < -0.39 is 0 Å². The van der Waals surface area contributed by atoms with Crippen LogP contribution in [0.5, 0.6) is 11.5 Å². The first kappa shape index (κ1) is 25.5. The molecule has 1 amide bonds. The second kappa shape index (κ2) is 11.9. The monoisotopic (exact) mass is 614 g/mol. The van der Waals surface area contributed by atoms with Gasteiger partial charge in [0.05, 0.1) is 22.2 Å². The molecule has 0 atom stereocenters. The number of ether oxygens (including phenoxy) is 2. The molecule has 1 fully saturated rings. The number of hydrogen-bond donors (Lipinski definition) is 0. The molecular formula is C27H24Br2N2O3S. The van der Waals surface area contributed by atoms with Crippen LogP contribution in [0.3, 0.4) is 0 Å². The zero-order chi connectivity index (χ0) is 24.8. The number of aliphatic imine (C=N–C) groups is 1. The van der Waals surface area contributed by atoms with E-state index in [1.165, 1.54) is 11.8 Å². The molecule has 0 unspecified atom stereocenters. The van der Waals surface area contributed by atoms with Crippen LogP contribution < -0.4 is 9.47 Å². The SMILES string of the molecule is CCCN1C(=O)/C(=C\c2cc(Br)c(OCc3ccc(Br)cc3)c(OC)c2)SC1=Nc1ccccc1. The van der Waals surface area contributed by atoms with Crippen molar-refractivity contribution in [1.82, 2.24) is 4.90 Å². The van der Waals surface area contributed by atoms with Gasteiger partial charge in [0.1, 0.15) is 6.61 Å². The number of halogens is 2. The van der Waals surface area contributed by atoms with Gasteiger partial charge in [0, 0.05) is 11.0 Å². The minimum atomic E-state index is -0.0443. The van der Waals surface area contributed by atoms with E-state index in [1.54, 1.807) is 12.0 Å². The summed E-state index contributed by atoms with van der Waals surface area (Å²) < 4.78 is 13.4. The average Bonchev–Trinajstić information content (AvgIpc) is 3.14. The molecule has 0 saturated carbocycles. The number of nitrogens with zero attached hydrogens (tertiary/aromatic N) is 2. The molecule has 0 aliphatic carbocycles. The van der Waals surface area contributed by atoms with Crippen molar-refractivity contribution in [2.75, 3.05) is 13.7 Å². The lowest BCUT2D eigenvalue weighted by molar-refractivity contribution is -0.122. The predicted octanol–water partition coefficient (Wildman–Crippen LogP) is 7.81. The van der Waals surface area contributed by atoms with Gasteiger partial charge >= 0.3 is 0 Å². The van der Waals surface area contributed by atoms with Crippen molar-refractivity contribution in [2.45, 2.75) is 20.0 Å². The van der Waals surface area contributed by atoms with Crippen molar-refractivity contribution in [2.24, 2.45) is 4.99 Å². The van der Waals surface area contributed by atoms with Gasteiger partial charge in [0.15, 0.2) is 16.7 Å². The molecule has 0 N–H and O–H groups in total. The molecule has 180 valence electrons. The number of thioether (sulfide) groups is 1. The van der Waals surface area contributed by atoms with Crippen LogP contribution in [0.1, 0.15) is 24.5 Å². The number of para-hydroxylation sites is 1. The summed E-state index contributed by atoms with van der Waals surface area (Å²) in [6.45, 7) is 3.07. The summed E-state index contributed by atoms with van der Waals surface area (Å²) in [5, 5.41) is 0.690. The van der Waals surface area contributed by atoms with Crippen LogP contribution in [0.4, 0.5) is 5.69 Å². The molecule has 3 aromatic rings. The predicted molar refractivity (Wildman–Crippen MR) is 150 cm³/mol. The van der Waals surface area contributed by atoms with E-state index in [2.05, 4.69) is 38.8 Å². The normalized spacial score (nSPS) is 15.8. The number of carbonyl (C=O) groups is 1. The van der Waals surface area contributed by atoms with Crippen LogP contribution in [0.15, 0.2) is 85.6 Å². The Kier molecular flexibility index (Phi) is 8.70.